The number of hydrogen-bond acceptors (Lipinski definition) is 8. The molecule has 0 spiro atoms. The van der Waals surface area contributed by atoms with Gasteiger partial charge in [-0.05, 0) is 19.1 Å². The monoisotopic (exact) mass is 403 g/mol. The van der Waals surface area contributed by atoms with Gasteiger partial charge in [0.25, 0.3) is 5.56 Å². The van der Waals surface area contributed by atoms with E-state index in [1.807, 2.05) is 13.1 Å². The largest absolute Gasteiger partial charge is 0.318 e. The van der Waals surface area contributed by atoms with E-state index >= 15 is 0 Å². The lowest BCUT2D eigenvalue weighted by molar-refractivity contribution is 0.636. The zero-order chi connectivity index (χ0) is 20.7. The second-order valence-electron chi connectivity index (χ2n) is 6.38. The molecule has 11 heteroatoms. The Morgan fingerprint density at radius 2 is 2.07 bits per heavy atom. The van der Waals surface area contributed by atoms with E-state index in [9.17, 15) is 9.18 Å². The van der Waals surface area contributed by atoms with Crippen molar-refractivity contribution in [3.05, 3.63) is 65.4 Å². The number of anilines is 2. The van der Waals surface area contributed by atoms with Gasteiger partial charge < -0.3 is 5.32 Å². The first-order valence-electron chi connectivity index (χ1n) is 9.09. The van der Waals surface area contributed by atoms with Crippen LogP contribution in [0.1, 0.15) is 6.92 Å². The van der Waals surface area contributed by atoms with E-state index < -0.39 is 11.4 Å². The molecule has 4 heterocycles. The molecule has 0 bridgehead atoms. The first-order valence-corrected chi connectivity index (χ1v) is 9.09. The van der Waals surface area contributed by atoms with Crippen molar-refractivity contribution in [2.75, 3.05) is 5.32 Å². The first-order chi connectivity index (χ1) is 14.6. The molecule has 5 rings (SSSR count). The molecular formula is C19H14FN9O. The summed E-state index contributed by atoms with van der Waals surface area (Å²) in [4.78, 5) is 28.8. The molecule has 0 fully saturated rings. The van der Waals surface area contributed by atoms with Crippen LogP contribution in [0, 0.1) is 5.82 Å². The number of halogens is 1. The summed E-state index contributed by atoms with van der Waals surface area (Å²) in [5.74, 6) is -0.0109. The lowest BCUT2D eigenvalue weighted by Gasteiger charge is -2.07. The first kappa shape index (κ1) is 17.8. The van der Waals surface area contributed by atoms with Crippen molar-refractivity contribution >= 4 is 28.2 Å². The van der Waals surface area contributed by atoms with Crippen molar-refractivity contribution in [1.29, 1.82) is 0 Å². The number of rotatable bonds is 4. The molecule has 1 aromatic carbocycles. The number of benzene rings is 1. The van der Waals surface area contributed by atoms with E-state index in [1.54, 1.807) is 23.0 Å². The SMILES string of the molecule is CCn1cc(-c2nc3c4cccc(F)c4nc(Nc4cnccnc4=O)n3n2)cn1. The van der Waals surface area contributed by atoms with Crippen LogP contribution in [-0.2, 0) is 6.54 Å². The number of hydrogen-bond donors (Lipinski definition) is 1. The third kappa shape index (κ3) is 2.92. The molecule has 0 saturated heterocycles. The van der Waals surface area contributed by atoms with Gasteiger partial charge in [0.05, 0.1) is 18.0 Å². The van der Waals surface area contributed by atoms with Gasteiger partial charge in [-0.25, -0.2) is 19.3 Å². The smallest absolute Gasteiger partial charge is 0.295 e. The number of aryl methyl sites for hydroxylation is 1. The second-order valence-corrected chi connectivity index (χ2v) is 6.38. The summed E-state index contributed by atoms with van der Waals surface area (Å²) in [6.07, 6.45) is 7.46. The summed E-state index contributed by atoms with van der Waals surface area (Å²) in [6, 6.07) is 4.60. The van der Waals surface area contributed by atoms with Gasteiger partial charge in [-0.2, -0.15) is 9.61 Å². The van der Waals surface area contributed by atoms with Gasteiger partial charge in [0.15, 0.2) is 11.5 Å². The minimum atomic E-state index is -0.541. The maximum absolute atomic E-state index is 14.5. The highest BCUT2D eigenvalue weighted by Gasteiger charge is 2.18. The van der Waals surface area contributed by atoms with Crippen LogP contribution in [0.4, 0.5) is 16.0 Å². The van der Waals surface area contributed by atoms with Crippen molar-refractivity contribution in [3.8, 4) is 11.4 Å². The van der Waals surface area contributed by atoms with Crippen molar-refractivity contribution in [3.63, 3.8) is 0 Å². The van der Waals surface area contributed by atoms with Crippen molar-refractivity contribution < 1.29 is 4.39 Å². The Bertz CT molecular complexity index is 1460. The maximum atomic E-state index is 14.5. The van der Waals surface area contributed by atoms with E-state index in [1.165, 1.54) is 29.2 Å². The van der Waals surface area contributed by atoms with Crippen molar-refractivity contribution in [1.82, 2.24) is 39.3 Å². The Hall–Kier alpha value is -4.28. The molecule has 148 valence electrons. The predicted octanol–water partition coefficient (Wildman–Crippen LogP) is 2.19. The Kier molecular flexibility index (Phi) is 4.12. The van der Waals surface area contributed by atoms with Crippen LogP contribution in [-0.4, -0.2) is 39.3 Å². The van der Waals surface area contributed by atoms with Gasteiger partial charge in [0, 0.05) is 30.5 Å². The third-order valence-corrected chi connectivity index (χ3v) is 4.49. The quantitative estimate of drug-likeness (QED) is 0.485. The molecule has 0 saturated carbocycles. The summed E-state index contributed by atoms with van der Waals surface area (Å²) in [5, 5.41) is 12.1. The molecule has 5 aromatic rings. The summed E-state index contributed by atoms with van der Waals surface area (Å²) in [7, 11) is 0. The van der Waals surface area contributed by atoms with Gasteiger partial charge in [-0.1, -0.05) is 6.07 Å². The lowest BCUT2D eigenvalue weighted by atomic mass is 10.2. The van der Waals surface area contributed by atoms with Gasteiger partial charge in [-0.3, -0.25) is 14.5 Å². The van der Waals surface area contributed by atoms with Crippen LogP contribution >= 0.6 is 0 Å². The van der Waals surface area contributed by atoms with Gasteiger partial charge >= 0.3 is 0 Å². The Balaban J connectivity index is 1.77. The van der Waals surface area contributed by atoms with E-state index in [2.05, 4.69) is 35.5 Å². The summed E-state index contributed by atoms with van der Waals surface area (Å²) in [6.45, 7) is 2.67. The number of nitrogens with zero attached hydrogens (tertiary/aromatic N) is 8. The Morgan fingerprint density at radius 1 is 1.17 bits per heavy atom. The molecule has 0 unspecified atom stereocenters. The minimum Gasteiger partial charge on any atom is -0.318 e. The summed E-state index contributed by atoms with van der Waals surface area (Å²) >= 11 is 0. The van der Waals surface area contributed by atoms with E-state index in [0.29, 0.717) is 29.0 Å². The minimum absolute atomic E-state index is 0.0698. The lowest BCUT2D eigenvalue weighted by Crippen LogP contribution is -2.12. The average molecular weight is 403 g/mol. The average Bonchev–Trinajstić information content (AvgIpc) is 3.36. The van der Waals surface area contributed by atoms with Crippen LogP contribution in [0.5, 0.6) is 0 Å². The number of nitrogens with one attached hydrogen (secondary N) is 1. The van der Waals surface area contributed by atoms with Crippen molar-refractivity contribution in [2.45, 2.75) is 13.5 Å². The number of para-hydroxylation sites is 1. The topological polar surface area (TPSA) is 116 Å². The fourth-order valence-electron chi connectivity index (χ4n) is 3.04. The Morgan fingerprint density at radius 3 is 2.90 bits per heavy atom. The zero-order valence-corrected chi connectivity index (χ0v) is 15.7. The zero-order valence-electron chi connectivity index (χ0n) is 15.7. The molecule has 0 aliphatic rings. The molecule has 0 atom stereocenters. The Labute approximate surface area is 168 Å². The standard InChI is InChI=1S/C19H14FN9O/c1-2-28-10-11(8-23-28)16-26-17-12-4-3-5-13(20)15(12)25-19(29(17)27-16)24-14-9-21-6-7-22-18(14)30/h3-10H,2H2,1H3,(H,22,24,25,30). The van der Waals surface area contributed by atoms with Crippen LogP contribution < -0.4 is 10.9 Å². The molecule has 0 aliphatic carbocycles. The predicted molar refractivity (Wildman–Crippen MR) is 107 cm³/mol. The maximum Gasteiger partial charge on any atom is 0.295 e. The molecule has 0 aliphatic heterocycles. The fourth-order valence-corrected chi connectivity index (χ4v) is 3.04. The van der Waals surface area contributed by atoms with Crippen molar-refractivity contribution in [2.24, 2.45) is 0 Å². The molecule has 0 amide bonds. The number of aromatic nitrogens is 8. The van der Waals surface area contributed by atoms with Gasteiger partial charge in [0.1, 0.15) is 17.0 Å². The molecule has 10 nitrogen and oxygen atoms in total. The second kappa shape index (κ2) is 6.95. The van der Waals surface area contributed by atoms with Crippen LogP contribution in [0.25, 0.3) is 27.9 Å². The van der Waals surface area contributed by atoms with E-state index in [-0.39, 0.29) is 17.2 Å². The van der Waals surface area contributed by atoms with Crippen LogP contribution in [0.2, 0.25) is 0 Å². The van der Waals surface area contributed by atoms with Crippen LogP contribution in [0.15, 0.2) is 54.0 Å². The highest BCUT2D eigenvalue weighted by atomic mass is 19.1. The normalized spacial score (nSPS) is 11.3. The van der Waals surface area contributed by atoms with Gasteiger partial charge in [0.2, 0.25) is 5.95 Å². The third-order valence-electron chi connectivity index (χ3n) is 4.49. The molecular weight excluding hydrogens is 389 g/mol. The summed E-state index contributed by atoms with van der Waals surface area (Å²) in [5.41, 5.74) is 0.718. The van der Waals surface area contributed by atoms with E-state index in [0.717, 1.165) is 0 Å². The van der Waals surface area contributed by atoms with Gasteiger partial charge in [-0.15, -0.1) is 5.10 Å². The molecule has 4 aromatic heterocycles. The number of fused-ring (bicyclic) bond motifs is 3. The molecule has 1 N–H and O–H groups in total. The molecule has 30 heavy (non-hydrogen) atoms. The fraction of sp³-hybridized carbons (Fsp3) is 0.105. The van der Waals surface area contributed by atoms with Crippen LogP contribution in [0.3, 0.4) is 0 Å². The summed E-state index contributed by atoms with van der Waals surface area (Å²) < 4.78 is 17.7. The highest BCUT2D eigenvalue weighted by Crippen LogP contribution is 2.26. The molecule has 0 radical (unpaired) electrons. The van der Waals surface area contributed by atoms with E-state index in [4.69, 9.17) is 0 Å². The highest BCUT2D eigenvalue weighted by molar-refractivity contribution is 5.93.